The van der Waals surface area contributed by atoms with Gasteiger partial charge >= 0.3 is 29.8 Å². The number of hydrogen-bond donors (Lipinski definition) is 15. The second kappa shape index (κ2) is 51.5. The number of carboxylic acid groups (broad SMARTS) is 5. The van der Waals surface area contributed by atoms with E-state index in [9.17, 15) is 24.0 Å². The van der Waals surface area contributed by atoms with Crippen LogP contribution in [0.25, 0.3) is 0 Å². The molecule has 0 heterocycles. The fourth-order valence-electron chi connectivity index (χ4n) is 1.12. The van der Waals surface area contributed by atoms with Crippen molar-refractivity contribution in [3.63, 3.8) is 0 Å². The first-order valence-electron chi connectivity index (χ1n) is 10.7. The van der Waals surface area contributed by atoms with Gasteiger partial charge in [-0.2, -0.15) is 0 Å². The molecule has 0 rings (SSSR count). The molecule has 26 heteroatoms. The lowest BCUT2D eigenvalue weighted by Gasteiger charge is -2.09. The molecule has 0 amide bonds. The molecule has 0 radical (unpaired) electrons. The van der Waals surface area contributed by atoms with Crippen LogP contribution in [-0.2, 0) is 24.0 Å². The molecule has 20 nitrogen and oxygen atoms in total. The summed E-state index contributed by atoms with van der Waals surface area (Å²) in [6, 6.07) is -3.49. The molecule has 0 aliphatic heterocycles. The van der Waals surface area contributed by atoms with Crippen molar-refractivity contribution in [1.29, 1.82) is 0 Å². The third kappa shape index (κ3) is 68.2. The van der Waals surface area contributed by atoms with Crippen LogP contribution in [0.1, 0.15) is 19.3 Å². The summed E-state index contributed by atoms with van der Waals surface area (Å²) < 4.78 is 0. The Hall–Kier alpha value is -1.12. The van der Waals surface area contributed by atoms with E-state index in [1.165, 1.54) is 0 Å². The van der Waals surface area contributed by atoms with E-state index < -0.39 is 60.1 Å². The Labute approximate surface area is 296 Å². The number of nitrogens with two attached hydrogens (primary N) is 9. The Morgan fingerprint density at radius 2 is 0.727 bits per heavy atom. The van der Waals surface area contributed by atoms with Gasteiger partial charge < -0.3 is 82.2 Å². The van der Waals surface area contributed by atoms with Gasteiger partial charge in [0.05, 0.1) is 12.6 Å². The van der Waals surface area contributed by atoms with Crippen molar-refractivity contribution in [2.45, 2.75) is 49.5 Å². The number of carboxylic acids is 5. The van der Waals surface area contributed by atoms with E-state index in [1.807, 2.05) is 0 Å². The van der Waals surface area contributed by atoms with Crippen LogP contribution in [0.2, 0.25) is 0 Å². The minimum atomic E-state index is -1.05. The first kappa shape index (κ1) is 74.0. The number of hydrogen-bond acceptors (Lipinski definition) is 15. The summed E-state index contributed by atoms with van der Waals surface area (Å²) >= 11 is 0. The van der Waals surface area contributed by atoms with Crippen LogP contribution in [0.5, 0.6) is 0 Å². The van der Waals surface area contributed by atoms with Gasteiger partial charge in [-0.1, -0.05) is 0 Å². The average molecular weight is 827 g/mol. The first-order chi connectivity index (χ1) is 17.4. The summed E-state index contributed by atoms with van der Waals surface area (Å²) in [6.45, 7) is 0.185. The molecule has 0 saturated heterocycles. The zero-order valence-corrected chi connectivity index (χ0v) is 29.2. The summed E-state index contributed by atoms with van der Waals surface area (Å²) in [4.78, 5) is 48.8. The molecule has 0 fully saturated rings. The van der Waals surface area contributed by atoms with Crippen molar-refractivity contribution >= 4 is 109 Å². The topological polar surface area (TPSA) is 441 Å². The average Bonchev–Trinajstić information content (AvgIpc) is 2.87. The minimum Gasteiger partial charge on any atom is -0.480 e. The molecular weight excluding hydrogens is 775 g/mol. The second-order valence-electron chi connectivity index (χ2n) is 6.89. The van der Waals surface area contributed by atoms with E-state index in [0.717, 1.165) is 0 Å². The van der Waals surface area contributed by atoms with E-state index in [-0.39, 0.29) is 112 Å². The second-order valence-corrected chi connectivity index (χ2v) is 6.89. The predicted molar refractivity (Wildman–Crippen MR) is 182 cm³/mol. The van der Waals surface area contributed by atoms with Crippen molar-refractivity contribution < 1.29 is 54.6 Å². The standard InChI is InChI=1S/C6H14N2O3.C4H10N2O2.2C3H8N2O2.C2H5NO2.BrH.5ClH/c7-3-4(9)1-2-5(8)6(10)11;5-2-1-3(6)4(7)8;2*4-1-2(5)3(6)7;3-1-2(4)5;;;;;;/h4-5,9H,1-3,7-8H2,(H,10,11);3H,1-2,5-6H2,(H,7,8);2*2H,1,4-5H2,(H,6,7);1,3H2,(H,4,5);6*1H. The van der Waals surface area contributed by atoms with Gasteiger partial charge in [-0.3, -0.25) is 24.0 Å². The number of aliphatic hydroxyl groups is 1. The van der Waals surface area contributed by atoms with Crippen molar-refractivity contribution in [2.75, 3.05) is 32.7 Å². The summed E-state index contributed by atoms with van der Waals surface area (Å²) in [5.41, 5.74) is 44.4. The highest BCUT2D eigenvalue weighted by molar-refractivity contribution is 8.93. The molecule has 0 aromatic heterocycles. The molecule has 5 unspecified atom stereocenters. The van der Waals surface area contributed by atoms with Crippen LogP contribution < -0.4 is 51.6 Å². The Balaban J connectivity index is -0.0000000339. The smallest absolute Gasteiger partial charge is 0.321 e. The van der Waals surface area contributed by atoms with E-state index in [0.29, 0.717) is 19.4 Å². The summed E-state index contributed by atoms with van der Waals surface area (Å²) in [7, 11) is 0. The van der Waals surface area contributed by atoms with Crippen LogP contribution in [0.4, 0.5) is 0 Å². The van der Waals surface area contributed by atoms with E-state index in [2.05, 4.69) is 5.73 Å². The van der Waals surface area contributed by atoms with E-state index in [4.69, 9.17) is 76.5 Å². The highest BCUT2D eigenvalue weighted by atomic mass is 79.9. The minimum absolute atomic E-state index is 0. The Morgan fingerprint density at radius 1 is 0.477 bits per heavy atom. The molecule has 44 heavy (non-hydrogen) atoms. The van der Waals surface area contributed by atoms with Gasteiger partial charge in [-0.15, -0.1) is 79.0 Å². The molecular formula is C18H51BrCl5N9O11. The predicted octanol–water partition coefficient (Wildman–Crippen LogP) is -4.32. The van der Waals surface area contributed by atoms with Gasteiger partial charge in [0.25, 0.3) is 0 Å². The normalized spacial score (nSPS) is 11.5. The van der Waals surface area contributed by atoms with Gasteiger partial charge in [-0.25, -0.2) is 0 Å². The highest BCUT2D eigenvalue weighted by Crippen LogP contribution is 1.98. The van der Waals surface area contributed by atoms with E-state index in [1.54, 1.807) is 0 Å². The molecule has 0 bridgehead atoms. The van der Waals surface area contributed by atoms with Crippen molar-refractivity contribution in [2.24, 2.45) is 51.6 Å². The van der Waals surface area contributed by atoms with Gasteiger partial charge in [-0.05, 0) is 25.8 Å². The maximum atomic E-state index is 10.2. The van der Waals surface area contributed by atoms with Crippen LogP contribution in [0.3, 0.4) is 0 Å². The van der Waals surface area contributed by atoms with Gasteiger partial charge in [0.15, 0.2) is 0 Å². The Kier molecular flexibility index (Phi) is 86.5. The summed E-state index contributed by atoms with van der Waals surface area (Å²) in [5, 5.41) is 48.9. The number of aliphatic carboxylic acids is 5. The largest absolute Gasteiger partial charge is 0.480 e. The Morgan fingerprint density at radius 3 is 0.841 bits per heavy atom. The molecule has 276 valence electrons. The van der Waals surface area contributed by atoms with Crippen LogP contribution in [0.15, 0.2) is 0 Å². The molecule has 0 aliphatic rings. The monoisotopic (exact) mass is 823 g/mol. The summed E-state index contributed by atoms with van der Waals surface area (Å²) in [6.07, 6.45) is 0.299. The number of aliphatic hydroxyl groups excluding tert-OH is 1. The fourth-order valence-corrected chi connectivity index (χ4v) is 1.12. The molecule has 0 aliphatic carbocycles. The lowest BCUT2D eigenvalue weighted by atomic mass is 10.1. The fraction of sp³-hybridized carbons (Fsp3) is 0.722. The lowest BCUT2D eigenvalue weighted by Crippen LogP contribution is -2.37. The van der Waals surface area contributed by atoms with Gasteiger partial charge in [0, 0.05) is 19.6 Å². The third-order valence-electron chi connectivity index (χ3n) is 3.51. The number of carbonyl (C=O) groups is 5. The van der Waals surface area contributed by atoms with Crippen LogP contribution >= 0.6 is 79.0 Å². The maximum Gasteiger partial charge on any atom is 0.321 e. The van der Waals surface area contributed by atoms with Crippen molar-refractivity contribution in [3.05, 3.63) is 0 Å². The molecule has 0 aromatic carbocycles. The van der Waals surface area contributed by atoms with Crippen molar-refractivity contribution in [3.8, 4) is 0 Å². The molecule has 24 N–H and O–H groups in total. The first-order valence-corrected chi connectivity index (χ1v) is 10.7. The van der Waals surface area contributed by atoms with Crippen molar-refractivity contribution in [1.82, 2.24) is 0 Å². The SMILES string of the molecule is Br.Cl.Cl.Cl.Cl.Cl.NCC(=O)O.NCC(N)C(=O)O.NCC(N)C(=O)O.NCC(O)CCC(N)C(=O)O.NCCC(N)C(=O)O. The highest BCUT2D eigenvalue weighted by Gasteiger charge is 2.12. The quantitative estimate of drug-likeness (QED) is 0.0834. The molecule has 0 spiro atoms. The van der Waals surface area contributed by atoms with Gasteiger partial charge in [0.2, 0.25) is 0 Å². The molecule has 0 saturated carbocycles. The molecule has 0 aromatic rings. The zero-order valence-electron chi connectivity index (χ0n) is 23.4. The Bertz CT molecular complexity index is 654. The zero-order chi connectivity index (χ0) is 31.4. The van der Waals surface area contributed by atoms with Crippen LogP contribution in [-0.4, -0.2) is 123 Å². The third-order valence-corrected chi connectivity index (χ3v) is 3.51. The lowest BCUT2D eigenvalue weighted by molar-refractivity contribution is -0.139. The maximum absolute atomic E-state index is 10.2. The van der Waals surface area contributed by atoms with Crippen LogP contribution in [0, 0.1) is 0 Å². The van der Waals surface area contributed by atoms with Gasteiger partial charge in [0.1, 0.15) is 24.2 Å². The number of halogens is 6. The van der Waals surface area contributed by atoms with E-state index >= 15 is 0 Å². The summed E-state index contributed by atoms with van der Waals surface area (Å²) in [5.74, 6) is -5.11. The number of rotatable bonds is 13. The molecule has 5 atom stereocenters.